The molecule has 0 aliphatic rings. The number of fused-ring (bicyclic) bond motifs is 1. The molecule has 1 atom stereocenters. The summed E-state index contributed by atoms with van der Waals surface area (Å²) in [6, 6.07) is 11.8. The first kappa shape index (κ1) is 14.5. The molecule has 0 saturated carbocycles. The summed E-state index contributed by atoms with van der Waals surface area (Å²) in [4.78, 5) is 18.7. The van der Waals surface area contributed by atoms with Crippen LogP contribution in [0.5, 0.6) is 0 Å². The van der Waals surface area contributed by atoms with E-state index in [1.165, 1.54) is 0 Å². The summed E-state index contributed by atoms with van der Waals surface area (Å²) in [5.41, 5.74) is 1.38. The first-order valence-corrected chi connectivity index (χ1v) is 7.12. The minimum atomic E-state index is -0.0103. The molecule has 0 unspecified atom stereocenters. The second kappa shape index (κ2) is 6.04. The maximum absolute atomic E-state index is 12.5. The number of hydrogen-bond donors (Lipinski definition) is 0. The molecule has 2 aromatic rings. The smallest absolute Gasteiger partial charge is 0.272 e. The molecular formula is C17H22N2O. The zero-order valence-corrected chi connectivity index (χ0v) is 12.6. The molecular weight excluding hydrogens is 248 g/mol. The predicted molar refractivity (Wildman–Crippen MR) is 82.8 cm³/mol. The monoisotopic (exact) mass is 270 g/mol. The van der Waals surface area contributed by atoms with Gasteiger partial charge in [0.05, 0.1) is 5.52 Å². The van der Waals surface area contributed by atoms with Crippen LogP contribution in [-0.4, -0.2) is 28.9 Å². The molecule has 0 radical (unpaired) electrons. The maximum Gasteiger partial charge on any atom is 0.272 e. The molecule has 106 valence electrons. The number of aromatic nitrogens is 1. The van der Waals surface area contributed by atoms with E-state index in [1.54, 1.807) is 4.90 Å². The van der Waals surface area contributed by atoms with Gasteiger partial charge < -0.3 is 4.90 Å². The van der Waals surface area contributed by atoms with Crippen molar-refractivity contribution >= 4 is 16.8 Å². The zero-order chi connectivity index (χ0) is 14.7. The summed E-state index contributed by atoms with van der Waals surface area (Å²) >= 11 is 0. The molecule has 0 fully saturated rings. The Bertz CT molecular complexity index is 607. The van der Waals surface area contributed by atoms with E-state index >= 15 is 0 Å². The lowest BCUT2D eigenvalue weighted by Gasteiger charge is -2.26. The Morgan fingerprint density at radius 2 is 1.85 bits per heavy atom. The van der Waals surface area contributed by atoms with Crippen LogP contribution in [0.25, 0.3) is 10.9 Å². The van der Waals surface area contributed by atoms with E-state index in [-0.39, 0.29) is 11.9 Å². The van der Waals surface area contributed by atoms with Gasteiger partial charge in [-0.25, -0.2) is 4.98 Å². The van der Waals surface area contributed by atoms with Crippen LogP contribution in [0.4, 0.5) is 0 Å². The van der Waals surface area contributed by atoms with Gasteiger partial charge in [0.1, 0.15) is 5.69 Å². The van der Waals surface area contributed by atoms with E-state index in [0.717, 1.165) is 17.3 Å². The van der Waals surface area contributed by atoms with Crippen molar-refractivity contribution in [3.8, 4) is 0 Å². The summed E-state index contributed by atoms with van der Waals surface area (Å²) in [6.07, 6.45) is 0.996. The van der Waals surface area contributed by atoms with Crippen molar-refractivity contribution in [3.05, 3.63) is 42.1 Å². The van der Waals surface area contributed by atoms with Crippen LogP contribution in [0, 0.1) is 5.92 Å². The topological polar surface area (TPSA) is 33.2 Å². The molecule has 2 rings (SSSR count). The van der Waals surface area contributed by atoms with Crippen LogP contribution in [-0.2, 0) is 0 Å². The van der Waals surface area contributed by atoms with E-state index in [1.807, 2.05) is 43.4 Å². The number of nitrogens with zero attached hydrogens (tertiary/aromatic N) is 2. The first-order valence-electron chi connectivity index (χ1n) is 7.12. The Labute approximate surface area is 120 Å². The lowest BCUT2D eigenvalue weighted by atomic mass is 10.0. The second-order valence-corrected chi connectivity index (χ2v) is 5.78. The number of amides is 1. The minimum absolute atomic E-state index is 0.0103. The van der Waals surface area contributed by atoms with E-state index in [0.29, 0.717) is 11.6 Å². The molecule has 0 saturated heterocycles. The number of pyridine rings is 1. The molecule has 1 aromatic carbocycles. The molecule has 1 heterocycles. The molecule has 0 N–H and O–H groups in total. The highest BCUT2D eigenvalue weighted by molar-refractivity contribution is 5.94. The van der Waals surface area contributed by atoms with Crippen molar-refractivity contribution < 1.29 is 4.79 Å². The van der Waals surface area contributed by atoms with Gasteiger partial charge >= 0.3 is 0 Å². The Kier molecular flexibility index (Phi) is 4.38. The molecule has 0 bridgehead atoms. The molecule has 3 nitrogen and oxygen atoms in total. The van der Waals surface area contributed by atoms with Crippen molar-refractivity contribution in [2.75, 3.05) is 7.05 Å². The number of benzene rings is 1. The summed E-state index contributed by atoms with van der Waals surface area (Å²) in [7, 11) is 1.85. The fourth-order valence-corrected chi connectivity index (χ4v) is 2.41. The van der Waals surface area contributed by atoms with Gasteiger partial charge in [0.15, 0.2) is 0 Å². The SMILES string of the molecule is CC(C)C[C@@H](C)N(C)C(=O)c1ccc2ccccc2n1. The fourth-order valence-electron chi connectivity index (χ4n) is 2.41. The van der Waals surface area contributed by atoms with Crippen LogP contribution in [0.15, 0.2) is 36.4 Å². The molecule has 1 amide bonds. The summed E-state index contributed by atoms with van der Waals surface area (Å²) in [5.74, 6) is 0.564. The van der Waals surface area contributed by atoms with Crippen LogP contribution >= 0.6 is 0 Å². The Morgan fingerprint density at radius 3 is 2.55 bits per heavy atom. The van der Waals surface area contributed by atoms with E-state index < -0.39 is 0 Å². The Hall–Kier alpha value is -1.90. The molecule has 1 aromatic heterocycles. The van der Waals surface area contributed by atoms with Gasteiger partial charge in [-0.05, 0) is 31.4 Å². The average molecular weight is 270 g/mol. The highest BCUT2D eigenvalue weighted by atomic mass is 16.2. The second-order valence-electron chi connectivity index (χ2n) is 5.78. The molecule has 0 aliphatic heterocycles. The van der Waals surface area contributed by atoms with Gasteiger partial charge in [0.2, 0.25) is 0 Å². The van der Waals surface area contributed by atoms with Gasteiger partial charge in [-0.1, -0.05) is 38.1 Å². The van der Waals surface area contributed by atoms with Crippen LogP contribution in [0.2, 0.25) is 0 Å². The standard InChI is InChI=1S/C17H22N2O/c1-12(2)11-13(3)19(4)17(20)16-10-9-14-7-5-6-8-15(14)18-16/h5-10,12-13H,11H2,1-4H3/t13-/m1/s1. The number of rotatable bonds is 4. The molecule has 20 heavy (non-hydrogen) atoms. The lowest BCUT2D eigenvalue weighted by molar-refractivity contribution is 0.0722. The fraction of sp³-hybridized carbons (Fsp3) is 0.412. The highest BCUT2D eigenvalue weighted by Crippen LogP contribution is 2.15. The summed E-state index contributed by atoms with van der Waals surface area (Å²) in [6.45, 7) is 6.42. The van der Waals surface area contributed by atoms with Crippen molar-refractivity contribution in [1.82, 2.24) is 9.88 Å². The number of carbonyl (C=O) groups is 1. The summed E-state index contributed by atoms with van der Waals surface area (Å²) in [5, 5.41) is 1.06. The summed E-state index contributed by atoms with van der Waals surface area (Å²) < 4.78 is 0. The minimum Gasteiger partial charge on any atom is -0.338 e. The number of carbonyl (C=O) groups excluding carboxylic acids is 1. The molecule has 0 aliphatic carbocycles. The van der Waals surface area contributed by atoms with E-state index in [2.05, 4.69) is 25.8 Å². The van der Waals surface area contributed by atoms with Crippen molar-refractivity contribution in [1.29, 1.82) is 0 Å². The van der Waals surface area contributed by atoms with Gasteiger partial charge in [0.25, 0.3) is 5.91 Å². The first-order chi connectivity index (χ1) is 9.49. The third-order valence-electron chi connectivity index (χ3n) is 3.61. The number of para-hydroxylation sites is 1. The van der Waals surface area contributed by atoms with Crippen LogP contribution in [0.1, 0.15) is 37.7 Å². The van der Waals surface area contributed by atoms with E-state index in [4.69, 9.17) is 0 Å². The predicted octanol–water partition coefficient (Wildman–Crippen LogP) is 3.74. The molecule has 3 heteroatoms. The van der Waals surface area contributed by atoms with Gasteiger partial charge in [-0.2, -0.15) is 0 Å². The van der Waals surface area contributed by atoms with Gasteiger partial charge in [-0.15, -0.1) is 0 Å². The maximum atomic E-state index is 12.5. The third kappa shape index (κ3) is 3.16. The number of hydrogen-bond acceptors (Lipinski definition) is 2. The zero-order valence-electron chi connectivity index (χ0n) is 12.6. The van der Waals surface area contributed by atoms with Crippen LogP contribution in [0.3, 0.4) is 0 Å². The van der Waals surface area contributed by atoms with Crippen LogP contribution < -0.4 is 0 Å². The normalized spacial score (nSPS) is 12.7. The average Bonchev–Trinajstić information content (AvgIpc) is 2.44. The Morgan fingerprint density at radius 1 is 1.15 bits per heavy atom. The van der Waals surface area contributed by atoms with Crippen molar-refractivity contribution in [3.63, 3.8) is 0 Å². The highest BCUT2D eigenvalue weighted by Gasteiger charge is 2.19. The Balaban J connectivity index is 2.22. The van der Waals surface area contributed by atoms with Gasteiger partial charge in [-0.3, -0.25) is 4.79 Å². The quantitative estimate of drug-likeness (QED) is 0.848. The largest absolute Gasteiger partial charge is 0.338 e. The van der Waals surface area contributed by atoms with Crippen molar-refractivity contribution in [2.45, 2.75) is 33.2 Å². The molecule has 0 spiro atoms. The van der Waals surface area contributed by atoms with Gasteiger partial charge in [0, 0.05) is 18.5 Å². The van der Waals surface area contributed by atoms with Crippen molar-refractivity contribution in [2.24, 2.45) is 5.92 Å². The third-order valence-corrected chi connectivity index (χ3v) is 3.61. The van der Waals surface area contributed by atoms with E-state index in [9.17, 15) is 4.79 Å². The lowest BCUT2D eigenvalue weighted by Crippen LogP contribution is -2.36.